The number of nitrogens with zero attached hydrogens (tertiary/aromatic N) is 1. The van der Waals surface area contributed by atoms with Crippen LogP contribution in [0.15, 0.2) is 0 Å². The van der Waals surface area contributed by atoms with Crippen molar-refractivity contribution in [1.82, 2.24) is 10.2 Å². The average molecular weight is 238 g/mol. The fourth-order valence-electron chi connectivity index (χ4n) is 2.85. The third-order valence-electron chi connectivity index (χ3n) is 4.54. The van der Waals surface area contributed by atoms with E-state index in [4.69, 9.17) is 4.74 Å². The van der Waals surface area contributed by atoms with Crippen LogP contribution in [-0.4, -0.2) is 43.3 Å². The molecular weight excluding hydrogens is 216 g/mol. The first-order valence-corrected chi connectivity index (χ1v) is 6.81. The topological polar surface area (TPSA) is 41.6 Å². The molecule has 3 fully saturated rings. The van der Waals surface area contributed by atoms with Crippen LogP contribution in [0.2, 0.25) is 0 Å². The third-order valence-corrected chi connectivity index (χ3v) is 4.54. The Morgan fingerprint density at radius 1 is 1.47 bits per heavy atom. The first kappa shape index (κ1) is 11.3. The number of amides is 2. The summed E-state index contributed by atoms with van der Waals surface area (Å²) in [4.78, 5) is 14.0. The van der Waals surface area contributed by atoms with Crippen molar-refractivity contribution in [1.29, 1.82) is 0 Å². The highest BCUT2D eigenvalue weighted by molar-refractivity contribution is 5.74. The number of urea groups is 1. The van der Waals surface area contributed by atoms with Gasteiger partial charge in [-0.15, -0.1) is 0 Å². The molecule has 17 heavy (non-hydrogen) atoms. The summed E-state index contributed by atoms with van der Waals surface area (Å²) in [6, 6.07) is 0.128. The van der Waals surface area contributed by atoms with Crippen molar-refractivity contribution in [2.45, 2.75) is 38.7 Å². The van der Waals surface area contributed by atoms with Gasteiger partial charge in [0, 0.05) is 32.2 Å². The standard InChI is InChI=1S/C13H22N2O2/c1-13(4-5-13)9-14-12(16)15-6-2-11-10(8-15)3-7-17-11/h10-11H,2-9H2,1H3,(H,14,16)/t10-,11+/m1/s1. The number of hydrogen-bond donors (Lipinski definition) is 1. The highest BCUT2D eigenvalue weighted by Gasteiger charge is 2.39. The number of fused-ring (bicyclic) bond motifs is 1. The summed E-state index contributed by atoms with van der Waals surface area (Å²) in [6.07, 6.45) is 5.05. The maximum absolute atomic E-state index is 12.0. The van der Waals surface area contributed by atoms with Crippen LogP contribution in [-0.2, 0) is 4.74 Å². The van der Waals surface area contributed by atoms with Crippen LogP contribution in [0.5, 0.6) is 0 Å². The second-order valence-corrected chi connectivity index (χ2v) is 6.16. The third kappa shape index (κ3) is 2.41. The first-order chi connectivity index (χ1) is 8.16. The second-order valence-electron chi connectivity index (χ2n) is 6.16. The van der Waals surface area contributed by atoms with E-state index in [2.05, 4.69) is 12.2 Å². The van der Waals surface area contributed by atoms with Crippen molar-refractivity contribution in [3.63, 3.8) is 0 Å². The van der Waals surface area contributed by atoms with E-state index < -0.39 is 0 Å². The number of likely N-dealkylation sites (tertiary alicyclic amines) is 1. The van der Waals surface area contributed by atoms with E-state index >= 15 is 0 Å². The van der Waals surface area contributed by atoms with Crippen molar-refractivity contribution < 1.29 is 9.53 Å². The molecule has 0 radical (unpaired) electrons. The highest BCUT2D eigenvalue weighted by Crippen LogP contribution is 2.44. The van der Waals surface area contributed by atoms with Gasteiger partial charge in [-0.1, -0.05) is 6.92 Å². The molecule has 0 spiro atoms. The molecule has 4 heteroatoms. The van der Waals surface area contributed by atoms with Crippen molar-refractivity contribution in [3.8, 4) is 0 Å². The SMILES string of the molecule is CC1(CNC(=O)N2CC[C@@H]3OCC[C@@H]3C2)CC1. The maximum Gasteiger partial charge on any atom is 0.317 e. The lowest BCUT2D eigenvalue weighted by Gasteiger charge is -2.34. The Bertz CT molecular complexity index is 315. The minimum absolute atomic E-state index is 0.128. The average Bonchev–Trinajstić information content (AvgIpc) is 2.90. The molecule has 96 valence electrons. The number of nitrogens with one attached hydrogen (secondary N) is 1. The van der Waals surface area contributed by atoms with Gasteiger partial charge < -0.3 is 15.0 Å². The van der Waals surface area contributed by atoms with Crippen LogP contribution >= 0.6 is 0 Å². The number of rotatable bonds is 2. The van der Waals surface area contributed by atoms with Gasteiger partial charge in [-0.2, -0.15) is 0 Å². The molecule has 1 saturated carbocycles. The van der Waals surface area contributed by atoms with E-state index in [1.807, 2.05) is 4.90 Å². The van der Waals surface area contributed by atoms with E-state index in [1.54, 1.807) is 0 Å². The quantitative estimate of drug-likeness (QED) is 0.794. The van der Waals surface area contributed by atoms with Crippen LogP contribution in [0.3, 0.4) is 0 Å². The second kappa shape index (κ2) is 4.16. The molecule has 3 rings (SSSR count). The number of ether oxygens (including phenoxy) is 1. The van der Waals surface area contributed by atoms with Gasteiger partial charge in [0.25, 0.3) is 0 Å². The van der Waals surface area contributed by atoms with Gasteiger partial charge in [0.2, 0.25) is 0 Å². The number of carbonyl (C=O) groups is 1. The molecule has 2 heterocycles. The molecule has 0 bridgehead atoms. The minimum Gasteiger partial charge on any atom is -0.378 e. The molecule has 0 unspecified atom stereocenters. The van der Waals surface area contributed by atoms with Crippen molar-refractivity contribution >= 4 is 6.03 Å². The summed E-state index contributed by atoms with van der Waals surface area (Å²) in [7, 11) is 0. The molecule has 0 aromatic heterocycles. The molecule has 2 aliphatic heterocycles. The number of hydrogen-bond acceptors (Lipinski definition) is 2. The van der Waals surface area contributed by atoms with Crippen LogP contribution in [0.25, 0.3) is 0 Å². The number of piperidine rings is 1. The van der Waals surface area contributed by atoms with Gasteiger partial charge in [0.05, 0.1) is 6.10 Å². The summed E-state index contributed by atoms with van der Waals surface area (Å²) in [5.41, 5.74) is 0.393. The fourth-order valence-corrected chi connectivity index (χ4v) is 2.85. The van der Waals surface area contributed by atoms with E-state index in [9.17, 15) is 4.79 Å². The Labute approximate surface area is 103 Å². The Kier molecular flexibility index (Phi) is 2.77. The lowest BCUT2D eigenvalue weighted by atomic mass is 9.94. The maximum atomic E-state index is 12.0. The zero-order valence-corrected chi connectivity index (χ0v) is 10.6. The Hall–Kier alpha value is -0.770. The van der Waals surface area contributed by atoms with Crippen LogP contribution in [0.1, 0.15) is 32.6 Å². The molecule has 4 nitrogen and oxygen atoms in total. The predicted molar refractivity (Wildman–Crippen MR) is 64.8 cm³/mol. The van der Waals surface area contributed by atoms with Crippen LogP contribution in [0, 0.1) is 11.3 Å². The molecule has 0 aromatic rings. The largest absolute Gasteiger partial charge is 0.378 e. The zero-order chi connectivity index (χ0) is 11.9. The zero-order valence-electron chi connectivity index (χ0n) is 10.6. The predicted octanol–water partition coefficient (Wildman–Crippen LogP) is 1.61. The molecular formula is C13H22N2O2. The minimum atomic E-state index is 0.128. The summed E-state index contributed by atoms with van der Waals surface area (Å²) >= 11 is 0. The first-order valence-electron chi connectivity index (χ1n) is 6.81. The fraction of sp³-hybridized carbons (Fsp3) is 0.923. The summed E-state index contributed by atoms with van der Waals surface area (Å²) in [6.45, 7) is 5.69. The summed E-state index contributed by atoms with van der Waals surface area (Å²) < 4.78 is 5.65. The normalized spacial score (nSPS) is 34.3. The lowest BCUT2D eigenvalue weighted by molar-refractivity contribution is 0.0450. The Morgan fingerprint density at radius 2 is 2.29 bits per heavy atom. The van der Waals surface area contributed by atoms with Crippen molar-refractivity contribution in [2.75, 3.05) is 26.2 Å². The Balaban J connectivity index is 1.48. The van der Waals surface area contributed by atoms with Crippen molar-refractivity contribution in [2.24, 2.45) is 11.3 Å². The van der Waals surface area contributed by atoms with Gasteiger partial charge in [0.1, 0.15) is 0 Å². The van der Waals surface area contributed by atoms with Crippen molar-refractivity contribution in [3.05, 3.63) is 0 Å². The molecule has 2 atom stereocenters. The molecule has 1 aliphatic carbocycles. The van der Waals surface area contributed by atoms with Gasteiger partial charge in [0.15, 0.2) is 0 Å². The number of carbonyl (C=O) groups excluding carboxylic acids is 1. The van der Waals surface area contributed by atoms with Gasteiger partial charge in [-0.05, 0) is 31.1 Å². The molecule has 1 N–H and O–H groups in total. The monoisotopic (exact) mass is 238 g/mol. The van der Waals surface area contributed by atoms with Gasteiger partial charge >= 0.3 is 6.03 Å². The summed E-state index contributed by atoms with van der Waals surface area (Å²) in [5.74, 6) is 0.575. The van der Waals surface area contributed by atoms with E-state index in [1.165, 1.54) is 12.8 Å². The molecule has 2 saturated heterocycles. The summed E-state index contributed by atoms with van der Waals surface area (Å²) in [5, 5.41) is 3.08. The highest BCUT2D eigenvalue weighted by atomic mass is 16.5. The molecule has 3 aliphatic rings. The van der Waals surface area contributed by atoms with E-state index in [-0.39, 0.29) is 6.03 Å². The Morgan fingerprint density at radius 3 is 3.06 bits per heavy atom. The molecule has 0 aromatic carbocycles. The van der Waals surface area contributed by atoms with Crippen LogP contribution in [0.4, 0.5) is 4.79 Å². The molecule has 2 amide bonds. The van der Waals surface area contributed by atoms with E-state index in [0.29, 0.717) is 17.4 Å². The lowest BCUT2D eigenvalue weighted by Crippen LogP contribution is -2.49. The van der Waals surface area contributed by atoms with Gasteiger partial charge in [-0.3, -0.25) is 0 Å². The van der Waals surface area contributed by atoms with E-state index in [0.717, 1.165) is 39.1 Å². The smallest absolute Gasteiger partial charge is 0.317 e. The van der Waals surface area contributed by atoms with Gasteiger partial charge in [-0.25, -0.2) is 4.79 Å². The van der Waals surface area contributed by atoms with Crippen LogP contribution < -0.4 is 5.32 Å².